The Morgan fingerprint density at radius 2 is 1.70 bits per heavy atom. The molecule has 3 nitrogen and oxygen atoms in total. The van der Waals surface area contributed by atoms with Gasteiger partial charge in [0.2, 0.25) is 5.91 Å². The zero-order valence-corrected chi connectivity index (χ0v) is 12.2. The van der Waals surface area contributed by atoms with Gasteiger partial charge in [0.1, 0.15) is 0 Å². The van der Waals surface area contributed by atoms with Gasteiger partial charge in [0.15, 0.2) is 0 Å². The lowest BCUT2D eigenvalue weighted by Gasteiger charge is -2.32. The number of nitrogens with one attached hydrogen (secondary N) is 2. The van der Waals surface area contributed by atoms with Gasteiger partial charge >= 0.3 is 6.18 Å². The van der Waals surface area contributed by atoms with Crippen molar-refractivity contribution in [3.63, 3.8) is 0 Å². The standard InChI is InChI=1S/C13H21F3N2O.ClH/c14-13(15,16)9-4-6-10(7-5-9)18-12(19)11-3-1-2-8-17-11;/h9-11,17H,1-8H2,(H,18,19);1H. The number of halogens is 4. The number of alkyl halides is 3. The maximum atomic E-state index is 12.5. The van der Waals surface area contributed by atoms with Crippen LogP contribution in [0.15, 0.2) is 0 Å². The van der Waals surface area contributed by atoms with Gasteiger partial charge in [-0.25, -0.2) is 0 Å². The Morgan fingerprint density at radius 3 is 2.20 bits per heavy atom. The molecule has 1 amide bonds. The molecule has 2 N–H and O–H groups in total. The van der Waals surface area contributed by atoms with E-state index in [4.69, 9.17) is 0 Å². The van der Waals surface area contributed by atoms with Gasteiger partial charge in [-0.05, 0) is 45.1 Å². The largest absolute Gasteiger partial charge is 0.391 e. The summed E-state index contributed by atoms with van der Waals surface area (Å²) in [5.41, 5.74) is 0. The van der Waals surface area contributed by atoms with Crippen LogP contribution >= 0.6 is 12.4 Å². The summed E-state index contributed by atoms with van der Waals surface area (Å²) in [6.45, 7) is 0.846. The minimum Gasteiger partial charge on any atom is -0.352 e. The van der Waals surface area contributed by atoms with Crippen LogP contribution in [-0.4, -0.2) is 30.7 Å². The molecule has 20 heavy (non-hydrogen) atoms. The second-order valence-corrected chi connectivity index (χ2v) is 5.60. The molecular formula is C13H22ClF3N2O. The molecule has 1 aliphatic heterocycles. The van der Waals surface area contributed by atoms with Crippen molar-refractivity contribution < 1.29 is 18.0 Å². The molecule has 1 saturated heterocycles. The van der Waals surface area contributed by atoms with Crippen LogP contribution in [0.2, 0.25) is 0 Å². The van der Waals surface area contributed by atoms with Crippen LogP contribution in [0.1, 0.15) is 44.9 Å². The molecule has 0 bridgehead atoms. The summed E-state index contributed by atoms with van der Waals surface area (Å²) in [4.78, 5) is 11.9. The molecule has 1 unspecified atom stereocenters. The Kier molecular flexibility index (Phi) is 6.58. The maximum absolute atomic E-state index is 12.5. The zero-order valence-electron chi connectivity index (χ0n) is 11.3. The van der Waals surface area contributed by atoms with Gasteiger partial charge in [0, 0.05) is 6.04 Å². The van der Waals surface area contributed by atoms with E-state index in [2.05, 4.69) is 10.6 Å². The molecule has 2 rings (SSSR count). The second-order valence-electron chi connectivity index (χ2n) is 5.60. The number of amides is 1. The molecule has 2 fully saturated rings. The van der Waals surface area contributed by atoms with Gasteiger partial charge in [0.05, 0.1) is 12.0 Å². The Morgan fingerprint density at radius 1 is 1.05 bits per heavy atom. The predicted octanol–water partition coefficient (Wildman–Crippen LogP) is 2.79. The van der Waals surface area contributed by atoms with E-state index in [1.165, 1.54) is 0 Å². The molecule has 0 aromatic heterocycles. The number of hydrogen-bond donors (Lipinski definition) is 2. The van der Waals surface area contributed by atoms with E-state index >= 15 is 0 Å². The van der Waals surface area contributed by atoms with Gasteiger partial charge in [-0.2, -0.15) is 13.2 Å². The summed E-state index contributed by atoms with van der Waals surface area (Å²) in [7, 11) is 0. The van der Waals surface area contributed by atoms with E-state index in [9.17, 15) is 18.0 Å². The monoisotopic (exact) mass is 314 g/mol. The molecule has 2 aliphatic rings. The Labute approximate surface area is 123 Å². The van der Waals surface area contributed by atoms with Gasteiger partial charge in [-0.3, -0.25) is 4.79 Å². The van der Waals surface area contributed by atoms with E-state index < -0.39 is 12.1 Å². The van der Waals surface area contributed by atoms with Crippen molar-refractivity contribution >= 4 is 18.3 Å². The van der Waals surface area contributed by atoms with Crippen molar-refractivity contribution in [2.75, 3.05) is 6.54 Å². The fourth-order valence-corrected chi connectivity index (χ4v) is 2.94. The van der Waals surface area contributed by atoms with Crippen LogP contribution < -0.4 is 10.6 Å². The smallest absolute Gasteiger partial charge is 0.352 e. The second kappa shape index (κ2) is 7.50. The highest BCUT2D eigenvalue weighted by molar-refractivity contribution is 5.85. The van der Waals surface area contributed by atoms with Crippen molar-refractivity contribution in [1.29, 1.82) is 0 Å². The molecule has 0 aromatic carbocycles. The molecule has 1 heterocycles. The van der Waals surface area contributed by atoms with Gasteiger partial charge in [-0.15, -0.1) is 12.4 Å². The van der Waals surface area contributed by atoms with Gasteiger partial charge in [-0.1, -0.05) is 6.42 Å². The topological polar surface area (TPSA) is 41.1 Å². The SMILES string of the molecule is Cl.O=C(NC1CCC(C(F)(F)F)CC1)C1CCCCN1. The number of hydrogen-bond acceptors (Lipinski definition) is 2. The lowest BCUT2D eigenvalue weighted by atomic mass is 9.85. The normalized spacial score (nSPS) is 31.2. The summed E-state index contributed by atoms with van der Waals surface area (Å²) in [6, 6.07) is -0.246. The predicted molar refractivity (Wildman–Crippen MR) is 72.8 cm³/mol. The highest BCUT2D eigenvalue weighted by atomic mass is 35.5. The fourth-order valence-electron chi connectivity index (χ4n) is 2.94. The number of carbonyl (C=O) groups excluding carboxylic acids is 1. The average molecular weight is 315 g/mol. The highest BCUT2D eigenvalue weighted by Gasteiger charge is 2.41. The third kappa shape index (κ3) is 4.81. The maximum Gasteiger partial charge on any atom is 0.391 e. The quantitative estimate of drug-likeness (QED) is 0.823. The van der Waals surface area contributed by atoms with E-state index in [0.717, 1.165) is 25.8 Å². The molecule has 0 aromatic rings. The Bertz CT molecular complexity index is 311. The summed E-state index contributed by atoms with van der Waals surface area (Å²) in [5.74, 6) is -1.23. The Hall–Kier alpha value is -0.490. The molecule has 0 spiro atoms. The molecular weight excluding hydrogens is 293 g/mol. The third-order valence-electron chi connectivity index (χ3n) is 4.16. The van der Waals surface area contributed by atoms with E-state index in [1.54, 1.807) is 0 Å². The van der Waals surface area contributed by atoms with Gasteiger partial charge in [0.25, 0.3) is 0 Å². The summed E-state index contributed by atoms with van der Waals surface area (Å²) in [6.07, 6.45) is -0.0135. The van der Waals surface area contributed by atoms with Crippen molar-refractivity contribution in [3.05, 3.63) is 0 Å². The van der Waals surface area contributed by atoms with Gasteiger partial charge < -0.3 is 10.6 Å². The van der Waals surface area contributed by atoms with Crippen molar-refractivity contribution in [2.45, 2.75) is 63.2 Å². The number of piperidine rings is 1. The molecule has 118 valence electrons. The first-order valence-electron chi connectivity index (χ1n) is 7.07. The lowest BCUT2D eigenvalue weighted by molar-refractivity contribution is -0.182. The number of rotatable bonds is 2. The van der Waals surface area contributed by atoms with E-state index in [-0.39, 0.29) is 43.2 Å². The average Bonchev–Trinajstić information content (AvgIpc) is 2.39. The summed E-state index contributed by atoms with van der Waals surface area (Å²) < 4.78 is 37.6. The van der Waals surface area contributed by atoms with Crippen molar-refractivity contribution in [1.82, 2.24) is 10.6 Å². The Balaban J connectivity index is 0.00000200. The third-order valence-corrected chi connectivity index (χ3v) is 4.16. The molecule has 1 saturated carbocycles. The molecule has 1 aliphatic carbocycles. The van der Waals surface area contributed by atoms with Crippen LogP contribution in [-0.2, 0) is 4.79 Å². The van der Waals surface area contributed by atoms with Crippen LogP contribution in [0, 0.1) is 5.92 Å². The number of carbonyl (C=O) groups is 1. The van der Waals surface area contributed by atoms with Crippen LogP contribution in [0.25, 0.3) is 0 Å². The highest BCUT2D eigenvalue weighted by Crippen LogP contribution is 2.37. The van der Waals surface area contributed by atoms with Crippen molar-refractivity contribution in [2.24, 2.45) is 5.92 Å². The molecule has 1 atom stereocenters. The van der Waals surface area contributed by atoms with E-state index in [0.29, 0.717) is 12.8 Å². The van der Waals surface area contributed by atoms with E-state index in [1.807, 2.05) is 0 Å². The minimum atomic E-state index is -4.08. The minimum absolute atomic E-state index is 0. The lowest BCUT2D eigenvalue weighted by Crippen LogP contribution is -2.50. The first-order valence-corrected chi connectivity index (χ1v) is 7.07. The summed E-state index contributed by atoms with van der Waals surface area (Å²) in [5, 5.41) is 6.04. The first kappa shape index (κ1) is 17.6. The molecule has 7 heteroatoms. The first-order chi connectivity index (χ1) is 8.97. The van der Waals surface area contributed by atoms with Crippen LogP contribution in [0.5, 0.6) is 0 Å². The van der Waals surface area contributed by atoms with Crippen LogP contribution in [0.3, 0.4) is 0 Å². The summed E-state index contributed by atoms with van der Waals surface area (Å²) >= 11 is 0. The zero-order chi connectivity index (χ0) is 13.9. The van der Waals surface area contributed by atoms with Crippen LogP contribution in [0.4, 0.5) is 13.2 Å². The van der Waals surface area contributed by atoms with Crippen molar-refractivity contribution in [3.8, 4) is 0 Å². The fraction of sp³-hybridized carbons (Fsp3) is 0.923. The molecule has 0 radical (unpaired) electrons.